The lowest BCUT2D eigenvalue weighted by Crippen LogP contribution is -2.58. The summed E-state index contributed by atoms with van der Waals surface area (Å²) < 4.78 is 5.67. The molecule has 4 fully saturated rings. The van der Waals surface area contributed by atoms with Crippen LogP contribution in [0.15, 0.2) is 0 Å². The van der Waals surface area contributed by atoms with Crippen molar-refractivity contribution in [1.29, 1.82) is 0 Å². The number of ether oxygens (including phenoxy) is 1. The van der Waals surface area contributed by atoms with Gasteiger partial charge in [0.25, 0.3) is 0 Å². The Morgan fingerprint density at radius 2 is 1.57 bits per heavy atom. The number of carbonyl (C=O) groups is 2. The van der Waals surface area contributed by atoms with Crippen molar-refractivity contribution >= 4 is 11.8 Å². The third-order valence-corrected chi connectivity index (χ3v) is 7.37. The molecule has 4 rings (SSSR count). The number of hydrogen-bond donors (Lipinski definition) is 1. The van der Waals surface area contributed by atoms with Crippen LogP contribution in [0.1, 0.15) is 64.2 Å². The zero-order valence-corrected chi connectivity index (χ0v) is 17.2. The summed E-state index contributed by atoms with van der Waals surface area (Å²) in [4.78, 5) is 30.3. The molecule has 2 heterocycles. The van der Waals surface area contributed by atoms with E-state index in [0.29, 0.717) is 18.4 Å². The Morgan fingerprint density at radius 1 is 0.893 bits per heavy atom. The number of nitrogens with one attached hydrogen (secondary N) is 1. The van der Waals surface area contributed by atoms with E-state index < -0.39 is 0 Å². The number of carbonyl (C=O) groups excluding carboxylic acids is 2. The van der Waals surface area contributed by atoms with Gasteiger partial charge in [-0.2, -0.15) is 0 Å². The van der Waals surface area contributed by atoms with Crippen LogP contribution in [0, 0.1) is 11.8 Å². The molecule has 2 amide bonds. The number of hydrogen-bond acceptors (Lipinski definition) is 4. The summed E-state index contributed by atoms with van der Waals surface area (Å²) in [6, 6.07) is -0.0346. The molecule has 2 aliphatic carbocycles. The second-order valence-corrected chi connectivity index (χ2v) is 9.21. The Hall–Kier alpha value is -1.14. The molecule has 0 radical (unpaired) electrons. The van der Waals surface area contributed by atoms with Crippen LogP contribution in [0.3, 0.4) is 0 Å². The van der Waals surface area contributed by atoms with Crippen molar-refractivity contribution in [3.05, 3.63) is 0 Å². The molecular weight excluding hydrogens is 354 g/mol. The first-order valence-corrected chi connectivity index (χ1v) is 11.6. The molecule has 2 atom stereocenters. The largest absolute Gasteiger partial charge is 0.376 e. The summed E-state index contributed by atoms with van der Waals surface area (Å²) in [7, 11) is 0. The van der Waals surface area contributed by atoms with Gasteiger partial charge in [0.1, 0.15) is 0 Å². The summed E-state index contributed by atoms with van der Waals surface area (Å²) >= 11 is 0. The van der Waals surface area contributed by atoms with E-state index in [-0.39, 0.29) is 24.0 Å². The molecule has 6 heteroatoms. The van der Waals surface area contributed by atoms with Crippen molar-refractivity contribution in [2.75, 3.05) is 39.3 Å². The van der Waals surface area contributed by atoms with Crippen LogP contribution < -0.4 is 5.32 Å². The van der Waals surface area contributed by atoms with E-state index in [0.717, 1.165) is 71.3 Å². The highest BCUT2D eigenvalue weighted by Crippen LogP contribution is 2.32. The lowest BCUT2D eigenvalue weighted by molar-refractivity contribution is -0.138. The second kappa shape index (κ2) is 9.57. The van der Waals surface area contributed by atoms with Crippen molar-refractivity contribution < 1.29 is 14.3 Å². The lowest BCUT2D eigenvalue weighted by atomic mass is 9.94. The van der Waals surface area contributed by atoms with Gasteiger partial charge >= 0.3 is 0 Å². The minimum atomic E-state index is -0.0346. The molecule has 0 aromatic heterocycles. The van der Waals surface area contributed by atoms with E-state index in [9.17, 15) is 9.59 Å². The van der Waals surface area contributed by atoms with E-state index in [1.165, 1.54) is 25.7 Å². The van der Waals surface area contributed by atoms with Crippen molar-refractivity contribution in [3.63, 3.8) is 0 Å². The van der Waals surface area contributed by atoms with Gasteiger partial charge in [-0.15, -0.1) is 0 Å². The van der Waals surface area contributed by atoms with Crippen LogP contribution in [0.25, 0.3) is 0 Å². The first-order chi connectivity index (χ1) is 13.7. The molecule has 2 saturated heterocycles. The number of piperazine rings is 1. The van der Waals surface area contributed by atoms with Crippen molar-refractivity contribution in [2.24, 2.45) is 11.8 Å². The van der Waals surface area contributed by atoms with Crippen LogP contribution in [-0.2, 0) is 14.3 Å². The molecule has 2 aliphatic heterocycles. The molecule has 0 aromatic rings. The van der Waals surface area contributed by atoms with Gasteiger partial charge in [0.15, 0.2) is 0 Å². The monoisotopic (exact) mass is 391 g/mol. The highest BCUT2D eigenvalue weighted by atomic mass is 16.5. The number of rotatable bonds is 6. The molecule has 6 nitrogen and oxygen atoms in total. The molecule has 4 aliphatic rings. The van der Waals surface area contributed by atoms with Gasteiger partial charge in [0, 0.05) is 45.2 Å². The van der Waals surface area contributed by atoms with E-state index in [2.05, 4.69) is 15.1 Å². The SMILES string of the molecule is O=C(NC[C@H]1CCCO1)[C@@H](C1CCCC1)N1CCN(C(=O)C2CCCC2)CC1. The molecule has 0 aromatic carbocycles. The number of nitrogens with zero attached hydrogens (tertiary/aromatic N) is 2. The van der Waals surface area contributed by atoms with Crippen LogP contribution in [0.4, 0.5) is 0 Å². The third kappa shape index (κ3) is 4.70. The van der Waals surface area contributed by atoms with Crippen molar-refractivity contribution in [1.82, 2.24) is 15.1 Å². The minimum absolute atomic E-state index is 0.0346. The average molecular weight is 392 g/mol. The molecule has 0 unspecified atom stereocenters. The Labute approximate surface area is 169 Å². The smallest absolute Gasteiger partial charge is 0.237 e. The predicted molar refractivity (Wildman–Crippen MR) is 108 cm³/mol. The van der Waals surface area contributed by atoms with Gasteiger partial charge in [0.2, 0.25) is 11.8 Å². The topological polar surface area (TPSA) is 61.9 Å². The Kier molecular flexibility index (Phi) is 6.89. The van der Waals surface area contributed by atoms with Crippen molar-refractivity contribution in [3.8, 4) is 0 Å². The van der Waals surface area contributed by atoms with Gasteiger partial charge in [-0.25, -0.2) is 0 Å². The maximum absolute atomic E-state index is 13.1. The summed E-state index contributed by atoms with van der Waals surface area (Å²) in [5, 5.41) is 3.19. The zero-order valence-electron chi connectivity index (χ0n) is 17.2. The fraction of sp³-hybridized carbons (Fsp3) is 0.909. The highest BCUT2D eigenvalue weighted by Gasteiger charge is 2.38. The maximum Gasteiger partial charge on any atom is 0.237 e. The van der Waals surface area contributed by atoms with Gasteiger partial charge < -0.3 is 15.0 Å². The number of amides is 2. The average Bonchev–Trinajstić information content (AvgIpc) is 3.50. The molecule has 0 bridgehead atoms. The molecule has 2 saturated carbocycles. The van der Waals surface area contributed by atoms with E-state index in [1.807, 2.05) is 0 Å². The maximum atomic E-state index is 13.1. The Balaban J connectivity index is 1.32. The first-order valence-electron chi connectivity index (χ1n) is 11.6. The lowest BCUT2D eigenvalue weighted by Gasteiger charge is -2.41. The van der Waals surface area contributed by atoms with Crippen LogP contribution in [0.2, 0.25) is 0 Å². The van der Waals surface area contributed by atoms with Gasteiger partial charge in [-0.3, -0.25) is 14.5 Å². The molecule has 28 heavy (non-hydrogen) atoms. The minimum Gasteiger partial charge on any atom is -0.376 e. The Bertz CT molecular complexity index is 529. The highest BCUT2D eigenvalue weighted by molar-refractivity contribution is 5.82. The predicted octanol–water partition coefficient (Wildman–Crippen LogP) is 2.17. The standard InChI is InChI=1S/C22H37N3O3/c26-21(23-16-19-10-5-15-28-19)20(17-6-1-2-7-17)24-11-13-25(14-12-24)22(27)18-8-3-4-9-18/h17-20H,1-16H2,(H,23,26)/t19-,20-/m1/s1. The fourth-order valence-corrected chi connectivity index (χ4v) is 5.73. The summed E-state index contributed by atoms with van der Waals surface area (Å²) in [5.41, 5.74) is 0. The molecular formula is C22H37N3O3. The third-order valence-electron chi connectivity index (χ3n) is 7.37. The van der Waals surface area contributed by atoms with Gasteiger partial charge in [-0.1, -0.05) is 25.7 Å². The van der Waals surface area contributed by atoms with E-state index in [4.69, 9.17) is 4.74 Å². The molecule has 0 spiro atoms. The second-order valence-electron chi connectivity index (χ2n) is 9.21. The normalized spacial score (nSPS) is 28.7. The zero-order chi connectivity index (χ0) is 19.3. The van der Waals surface area contributed by atoms with Crippen LogP contribution >= 0.6 is 0 Å². The fourth-order valence-electron chi connectivity index (χ4n) is 5.73. The van der Waals surface area contributed by atoms with Crippen molar-refractivity contribution in [2.45, 2.75) is 76.4 Å². The van der Waals surface area contributed by atoms with E-state index >= 15 is 0 Å². The first kappa shape index (κ1) is 20.1. The summed E-state index contributed by atoms with van der Waals surface area (Å²) in [6.07, 6.45) is 11.6. The van der Waals surface area contributed by atoms with Crippen LogP contribution in [-0.4, -0.2) is 73.1 Å². The molecule has 158 valence electrons. The summed E-state index contributed by atoms with van der Waals surface area (Å²) in [5.74, 6) is 1.25. The Morgan fingerprint density at radius 3 is 2.21 bits per heavy atom. The quantitative estimate of drug-likeness (QED) is 0.754. The van der Waals surface area contributed by atoms with Crippen LogP contribution in [0.5, 0.6) is 0 Å². The summed E-state index contributed by atoms with van der Waals surface area (Å²) in [6.45, 7) is 4.67. The van der Waals surface area contributed by atoms with Gasteiger partial charge in [0.05, 0.1) is 12.1 Å². The van der Waals surface area contributed by atoms with E-state index in [1.54, 1.807) is 0 Å². The molecule has 1 N–H and O–H groups in total. The van der Waals surface area contributed by atoms with Gasteiger partial charge in [-0.05, 0) is 44.4 Å².